The molecule has 0 aliphatic heterocycles. The Bertz CT molecular complexity index is 1470. The van der Waals surface area contributed by atoms with Crippen LogP contribution >= 0.6 is 0 Å². The minimum Gasteiger partial charge on any atom is -0.481 e. The van der Waals surface area contributed by atoms with Crippen LogP contribution in [0.25, 0.3) is 5.57 Å². The number of aliphatic carboxylic acids is 1. The third kappa shape index (κ3) is 5.78. The first-order valence-corrected chi connectivity index (χ1v) is 19.4. The van der Waals surface area contributed by atoms with Crippen LogP contribution in [-0.4, -0.2) is 59.1 Å². The Balaban J connectivity index is 1.18. The SMILES string of the molecule is CCN(CCCNC(=O)[C@]12CCC[C@@H]1[C@H]1CC[C@@H]3[C@@]4(C)CC=C(c5ccc(C(=O)O)cc5)C(C)(C)[C@@H]4CC[C@@]3(C)[C@]1(C)CC2)CCC(=O)O. The molecule has 1 aromatic carbocycles. The maximum Gasteiger partial charge on any atom is 0.335 e. The van der Waals surface area contributed by atoms with Crippen LogP contribution in [0.2, 0.25) is 0 Å². The van der Waals surface area contributed by atoms with Crippen molar-refractivity contribution >= 4 is 23.4 Å². The highest BCUT2D eigenvalue weighted by Gasteiger charge is 2.70. The van der Waals surface area contributed by atoms with E-state index in [-0.39, 0.29) is 39.4 Å². The van der Waals surface area contributed by atoms with Gasteiger partial charge in [0, 0.05) is 13.1 Å². The molecule has 5 aliphatic rings. The molecule has 0 spiro atoms. The Morgan fingerprint density at radius 1 is 0.837 bits per heavy atom. The molecule has 0 bridgehead atoms. The van der Waals surface area contributed by atoms with Crippen LogP contribution in [0.5, 0.6) is 0 Å². The van der Waals surface area contributed by atoms with Gasteiger partial charge in [-0.05, 0) is 146 Å². The molecule has 1 aromatic rings. The van der Waals surface area contributed by atoms with Gasteiger partial charge in [-0.3, -0.25) is 9.59 Å². The van der Waals surface area contributed by atoms with Crippen LogP contribution < -0.4 is 5.32 Å². The van der Waals surface area contributed by atoms with E-state index < -0.39 is 11.9 Å². The standard InChI is InChI=1S/C42H62N2O5/c1-7-44(27-19-35(45)46)26-9-25-43-37(49)42-20-8-10-32(42)31-15-16-34-39(4)21-17-30(28-11-13-29(14-12-28)36(47)48)38(2,3)33(39)18-22-41(34,6)40(31,5)23-24-42/h11-14,17,31-34H,7-10,15-16,18-27H2,1-6H3,(H,43,49)(H,45,46)(H,47,48)/t31-,32-,33+,34-,39+,40-,41-,42+/m1/s1. The summed E-state index contributed by atoms with van der Waals surface area (Å²) in [5.74, 6) is 0.884. The molecular formula is C42H62N2O5. The highest BCUT2D eigenvalue weighted by molar-refractivity contribution is 5.88. The lowest BCUT2D eigenvalue weighted by Crippen LogP contribution is -2.65. The Morgan fingerprint density at radius 2 is 1.57 bits per heavy atom. The molecule has 0 radical (unpaired) electrons. The molecular weight excluding hydrogens is 612 g/mol. The maximum atomic E-state index is 14.1. The van der Waals surface area contributed by atoms with E-state index in [0.717, 1.165) is 57.2 Å². The zero-order valence-electron chi connectivity index (χ0n) is 31.1. The largest absolute Gasteiger partial charge is 0.481 e. The molecule has 8 atom stereocenters. The number of carbonyl (C=O) groups excluding carboxylic acids is 1. The number of nitrogens with one attached hydrogen (secondary N) is 1. The Morgan fingerprint density at radius 3 is 2.24 bits per heavy atom. The van der Waals surface area contributed by atoms with Gasteiger partial charge in [0.25, 0.3) is 0 Å². The van der Waals surface area contributed by atoms with E-state index in [1.165, 1.54) is 37.7 Å². The molecule has 0 unspecified atom stereocenters. The highest BCUT2D eigenvalue weighted by Crippen LogP contribution is 2.77. The van der Waals surface area contributed by atoms with Crippen molar-refractivity contribution in [1.29, 1.82) is 0 Å². The molecule has 0 aromatic heterocycles. The number of benzene rings is 1. The second-order valence-corrected chi connectivity index (χ2v) is 17.9. The number of carbonyl (C=O) groups is 3. The number of hydrogen-bond donors (Lipinski definition) is 3. The van der Waals surface area contributed by atoms with Crippen molar-refractivity contribution in [3.8, 4) is 0 Å². The fraction of sp³-hybridized carbons (Fsp3) is 0.738. The first-order chi connectivity index (χ1) is 23.1. The van der Waals surface area contributed by atoms with E-state index in [1.807, 2.05) is 12.1 Å². The van der Waals surface area contributed by atoms with Crippen LogP contribution in [0.4, 0.5) is 0 Å². The van der Waals surface area contributed by atoms with Gasteiger partial charge in [0.1, 0.15) is 0 Å². The summed E-state index contributed by atoms with van der Waals surface area (Å²) in [5.41, 5.74) is 3.28. The third-order valence-electron chi connectivity index (χ3n) is 15.9. The van der Waals surface area contributed by atoms with Gasteiger partial charge in [-0.1, -0.05) is 66.2 Å². The predicted molar refractivity (Wildman–Crippen MR) is 194 cm³/mol. The molecule has 6 rings (SSSR count). The summed E-state index contributed by atoms with van der Waals surface area (Å²) < 4.78 is 0. The number of amides is 1. The van der Waals surface area contributed by atoms with Crippen molar-refractivity contribution in [2.24, 2.45) is 50.7 Å². The van der Waals surface area contributed by atoms with Crippen LogP contribution in [0.15, 0.2) is 30.3 Å². The molecule has 4 fully saturated rings. The quantitative estimate of drug-likeness (QED) is 0.203. The van der Waals surface area contributed by atoms with Crippen molar-refractivity contribution < 1.29 is 24.6 Å². The lowest BCUT2D eigenvalue weighted by molar-refractivity contribution is -0.222. The lowest BCUT2D eigenvalue weighted by atomic mass is 9.32. The molecule has 4 saturated carbocycles. The Hall–Kier alpha value is -2.67. The smallest absolute Gasteiger partial charge is 0.335 e. The minimum atomic E-state index is -0.880. The molecule has 0 heterocycles. The number of aromatic carboxylic acids is 1. The summed E-state index contributed by atoms with van der Waals surface area (Å²) in [6, 6.07) is 7.51. The van der Waals surface area contributed by atoms with Crippen LogP contribution in [0.3, 0.4) is 0 Å². The van der Waals surface area contributed by atoms with Gasteiger partial charge in [0.2, 0.25) is 5.91 Å². The topological polar surface area (TPSA) is 107 Å². The van der Waals surface area contributed by atoms with E-state index >= 15 is 0 Å². The number of hydrogen-bond acceptors (Lipinski definition) is 4. The van der Waals surface area contributed by atoms with Gasteiger partial charge in [-0.2, -0.15) is 0 Å². The first-order valence-electron chi connectivity index (χ1n) is 19.4. The second-order valence-electron chi connectivity index (χ2n) is 17.9. The number of allylic oxidation sites excluding steroid dienone is 2. The molecule has 270 valence electrons. The average Bonchev–Trinajstić information content (AvgIpc) is 3.50. The molecule has 1 amide bonds. The van der Waals surface area contributed by atoms with Crippen molar-refractivity contribution in [3.05, 3.63) is 41.5 Å². The molecule has 49 heavy (non-hydrogen) atoms. The number of fused-ring (bicyclic) bond motifs is 7. The fourth-order valence-electron chi connectivity index (χ4n) is 13.2. The van der Waals surface area contributed by atoms with Crippen molar-refractivity contribution in [2.75, 3.05) is 26.2 Å². The van der Waals surface area contributed by atoms with Crippen molar-refractivity contribution in [3.63, 3.8) is 0 Å². The monoisotopic (exact) mass is 674 g/mol. The molecule has 3 N–H and O–H groups in total. The van der Waals surface area contributed by atoms with Crippen LogP contribution in [0.1, 0.15) is 135 Å². The predicted octanol–water partition coefficient (Wildman–Crippen LogP) is 8.54. The zero-order chi connectivity index (χ0) is 35.4. The van der Waals surface area contributed by atoms with Gasteiger partial charge in [0.05, 0.1) is 17.4 Å². The van der Waals surface area contributed by atoms with E-state index in [9.17, 15) is 19.5 Å². The number of rotatable bonds is 11. The maximum absolute atomic E-state index is 14.1. The normalized spacial score (nSPS) is 37.7. The molecule has 5 aliphatic carbocycles. The Labute approximate surface area is 294 Å². The average molecular weight is 675 g/mol. The number of nitrogens with zero attached hydrogens (tertiary/aromatic N) is 1. The number of carboxylic acid groups (broad SMARTS) is 2. The van der Waals surface area contributed by atoms with E-state index in [4.69, 9.17) is 5.11 Å². The minimum absolute atomic E-state index is 0.00744. The van der Waals surface area contributed by atoms with E-state index in [0.29, 0.717) is 42.3 Å². The summed E-state index contributed by atoms with van der Waals surface area (Å²) in [6.45, 7) is 17.7. The molecule has 7 heteroatoms. The summed E-state index contributed by atoms with van der Waals surface area (Å²) in [5, 5.41) is 21.9. The van der Waals surface area contributed by atoms with Gasteiger partial charge in [-0.15, -0.1) is 0 Å². The van der Waals surface area contributed by atoms with Gasteiger partial charge in [-0.25, -0.2) is 4.79 Å². The molecule has 0 saturated heterocycles. The fourth-order valence-corrected chi connectivity index (χ4v) is 13.2. The first kappa shape index (κ1) is 36.1. The van der Waals surface area contributed by atoms with E-state index in [1.54, 1.807) is 12.1 Å². The third-order valence-corrected chi connectivity index (χ3v) is 15.9. The van der Waals surface area contributed by atoms with Gasteiger partial charge >= 0.3 is 11.9 Å². The molecule has 7 nitrogen and oxygen atoms in total. The summed E-state index contributed by atoms with van der Waals surface area (Å²) in [6.07, 6.45) is 15.0. The van der Waals surface area contributed by atoms with Crippen molar-refractivity contribution in [2.45, 2.75) is 119 Å². The Kier molecular flexibility index (Phi) is 9.69. The van der Waals surface area contributed by atoms with Crippen molar-refractivity contribution in [1.82, 2.24) is 10.2 Å². The second kappa shape index (κ2) is 13.1. The van der Waals surface area contributed by atoms with Gasteiger partial charge in [0.15, 0.2) is 0 Å². The lowest BCUT2D eigenvalue weighted by Gasteiger charge is -2.72. The van der Waals surface area contributed by atoms with Crippen LogP contribution in [-0.2, 0) is 9.59 Å². The summed E-state index contributed by atoms with van der Waals surface area (Å²) in [7, 11) is 0. The zero-order valence-corrected chi connectivity index (χ0v) is 31.1. The van der Waals surface area contributed by atoms with E-state index in [2.05, 4.69) is 57.8 Å². The summed E-state index contributed by atoms with van der Waals surface area (Å²) >= 11 is 0. The summed E-state index contributed by atoms with van der Waals surface area (Å²) in [4.78, 5) is 38.9. The van der Waals surface area contributed by atoms with Gasteiger partial charge < -0.3 is 20.4 Å². The van der Waals surface area contributed by atoms with Crippen LogP contribution in [0, 0.1) is 50.7 Å². The highest BCUT2D eigenvalue weighted by atomic mass is 16.4. The number of carboxylic acids is 2.